The van der Waals surface area contributed by atoms with Gasteiger partial charge in [0.05, 0.1) is 0 Å². The summed E-state index contributed by atoms with van der Waals surface area (Å²) in [5.74, 6) is 9.63. The van der Waals surface area contributed by atoms with Gasteiger partial charge in [0.25, 0.3) is 0 Å². The van der Waals surface area contributed by atoms with Crippen LogP contribution in [0.3, 0.4) is 0 Å². The first-order valence-electron chi connectivity index (χ1n) is 8.13. The van der Waals surface area contributed by atoms with Gasteiger partial charge in [-0.1, -0.05) is 53.5 Å². The summed E-state index contributed by atoms with van der Waals surface area (Å²) in [6.07, 6.45) is 7.24. The van der Waals surface area contributed by atoms with E-state index in [0.717, 1.165) is 6.42 Å². The molecule has 0 saturated carbocycles. The Hall–Kier alpha value is -0.923. The molecule has 20 heavy (non-hydrogen) atoms. The first-order chi connectivity index (χ1) is 9.41. The van der Waals surface area contributed by atoms with E-state index in [0.29, 0.717) is 16.6 Å². The molecule has 0 aromatic carbocycles. The lowest BCUT2D eigenvalue weighted by Gasteiger charge is -2.37. The number of hydrogen-bond donors (Lipinski definition) is 0. The van der Waals surface area contributed by atoms with Crippen LogP contribution in [0.15, 0.2) is 11.6 Å². The Morgan fingerprint density at radius 1 is 0.900 bits per heavy atom. The van der Waals surface area contributed by atoms with E-state index in [9.17, 15) is 0 Å². The SMILES string of the molecule is CC(C)[Si](C#CC#CC1=CCCCC1)(C(C)C)C(C)C. The Bertz CT molecular complexity index is 436. The smallest absolute Gasteiger partial charge is 0.116 e. The van der Waals surface area contributed by atoms with Crippen molar-refractivity contribution in [2.75, 3.05) is 0 Å². The van der Waals surface area contributed by atoms with E-state index >= 15 is 0 Å². The molecule has 0 N–H and O–H groups in total. The summed E-state index contributed by atoms with van der Waals surface area (Å²) in [5.41, 5.74) is 7.02. The molecule has 0 nitrogen and oxygen atoms in total. The largest absolute Gasteiger partial charge is 0.147 e. The van der Waals surface area contributed by atoms with Crippen molar-refractivity contribution in [3.63, 3.8) is 0 Å². The predicted octanol–water partition coefficient (Wildman–Crippen LogP) is 5.71. The third kappa shape index (κ3) is 4.03. The van der Waals surface area contributed by atoms with Crippen LogP contribution in [0.4, 0.5) is 0 Å². The molecule has 110 valence electrons. The van der Waals surface area contributed by atoms with Gasteiger partial charge in [-0.05, 0) is 59.7 Å². The van der Waals surface area contributed by atoms with Crippen LogP contribution in [-0.2, 0) is 0 Å². The molecule has 1 heteroatoms. The van der Waals surface area contributed by atoms with E-state index in [4.69, 9.17) is 0 Å². The molecule has 0 atom stereocenters. The van der Waals surface area contributed by atoms with Crippen molar-refractivity contribution in [2.24, 2.45) is 0 Å². The first-order valence-corrected chi connectivity index (χ1v) is 10.4. The van der Waals surface area contributed by atoms with Gasteiger partial charge in [-0.3, -0.25) is 0 Å². The van der Waals surface area contributed by atoms with Crippen molar-refractivity contribution in [1.82, 2.24) is 0 Å². The molecule has 1 aliphatic carbocycles. The van der Waals surface area contributed by atoms with Gasteiger partial charge in [0.1, 0.15) is 8.07 Å². The highest BCUT2D eigenvalue weighted by Crippen LogP contribution is 2.40. The molecule has 0 aromatic heterocycles. The van der Waals surface area contributed by atoms with E-state index in [-0.39, 0.29) is 0 Å². The van der Waals surface area contributed by atoms with Gasteiger partial charge in [-0.15, -0.1) is 5.54 Å². The quantitative estimate of drug-likeness (QED) is 0.460. The van der Waals surface area contributed by atoms with Gasteiger partial charge < -0.3 is 0 Å². The molecule has 1 rings (SSSR count). The summed E-state index contributed by atoms with van der Waals surface area (Å²) in [7, 11) is -1.60. The molecule has 0 bridgehead atoms. The van der Waals surface area contributed by atoms with Crippen molar-refractivity contribution < 1.29 is 0 Å². The normalized spacial score (nSPS) is 15.6. The van der Waals surface area contributed by atoms with E-state index in [1.165, 1.54) is 24.8 Å². The van der Waals surface area contributed by atoms with Crippen molar-refractivity contribution in [3.05, 3.63) is 11.6 Å². The Kier molecular flexibility index (Phi) is 6.64. The average Bonchev–Trinajstić information content (AvgIpc) is 2.38. The van der Waals surface area contributed by atoms with Crippen LogP contribution < -0.4 is 0 Å². The van der Waals surface area contributed by atoms with E-state index < -0.39 is 8.07 Å². The maximum Gasteiger partial charge on any atom is 0.147 e. The zero-order chi connectivity index (χ0) is 15.2. The highest BCUT2D eigenvalue weighted by atomic mass is 28.3. The van der Waals surface area contributed by atoms with Crippen LogP contribution in [0.1, 0.15) is 67.2 Å². The fourth-order valence-electron chi connectivity index (χ4n) is 3.64. The van der Waals surface area contributed by atoms with E-state index in [1.807, 2.05) is 0 Å². The van der Waals surface area contributed by atoms with Crippen molar-refractivity contribution in [1.29, 1.82) is 0 Å². The Morgan fingerprint density at radius 2 is 1.50 bits per heavy atom. The molecule has 0 fully saturated rings. The highest BCUT2D eigenvalue weighted by molar-refractivity contribution is 6.90. The summed E-state index contributed by atoms with van der Waals surface area (Å²) >= 11 is 0. The van der Waals surface area contributed by atoms with Gasteiger partial charge in [0, 0.05) is 0 Å². The highest BCUT2D eigenvalue weighted by Gasteiger charge is 2.41. The van der Waals surface area contributed by atoms with Crippen LogP contribution in [0.2, 0.25) is 16.6 Å². The Labute approximate surface area is 127 Å². The van der Waals surface area contributed by atoms with Gasteiger partial charge in [-0.25, -0.2) is 0 Å². The first kappa shape index (κ1) is 17.1. The maximum atomic E-state index is 3.66. The lowest BCUT2D eigenvalue weighted by molar-refractivity contribution is 0.715. The lowest BCUT2D eigenvalue weighted by Crippen LogP contribution is -2.43. The minimum Gasteiger partial charge on any atom is -0.116 e. The fourth-order valence-corrected chi connectivity index (χ4v) is 8.78. The summed E-state index contributed by atoms with van der Waals surface area (Å²) in [5, 5.41) is 0. The predicted molar refractivity (Wildman–Crippen MR) is 93.2 cm³/mol. The third-order valence-corrected chi connectivity index (χ3v) is 11.0. The number of hydrogen-bond acceptors (Lipinski definition) is 0. The van der Waals surface area contributed by atoms with Gasteiger partial charge in [-0.2, -0.15) is 0 Å². The molecule has 0 spiro atoms. The number of allylic oxidation sites excluding steroid dienone is 2. The molecular formula is C19H30Si. The van der Waals surface area contributed by atoms with Crippen molar-refractivity contribution in [3.8, 4) is 23.3 Å². The Morgan fingerprint density at radius 3 is 1.95 bits per heavy atom. The standard InChI is InChI=1S/C19H30Si/c1-16(2)20(17(3)4,18(5)6)15-11-10-14-19-12-8-7-9-13-19/h12,16-18H,7-9,13H2,1-6H3. The molecule has 0 saturated heterocycles. The minimum atomic E-state index is -1.60. The van der Waals surface area contributed by atoms with E-state index in [2.05, 4.69) is 70.9 Å². The van der Waals surface area contributed by atoms with Crippen LogP contribution in [0.5, 0.6) is 0 Å². The summed E-state index contributed by atoms with van der Waals surface area (Å²) < 4.78 is 0. The molecule has 0 aromatic rings. The van der Waals surface area contributed by atoms with Gasteiger partial charge in [0.15, 0.2) is 0 Å². The third-order valence-electron chi connectivity index (χ3n) is 4.72. The van der Waals surface area contributed by atoms with Crippen molar-refractivity contribution in [2.45, 2.75) is 83.8 Å². The zero-order valence-corrected chi connectivity index (χ0v) is 15.1. The molecule has 0 radical (unpaired) electrons. The van der Waals surface area contributed by atoms with Crippen LogP contribution in [-0.4, -0.2) is 8.07 Å². The fraction of sp³-hybridized carbons (Fsp3) is 0.684. The second-order valence-electron chi connectivity index (χ2n) is 6.87. The molecule has 0 unspecified atom stereocenters. The second-order valence-corrected chi connectivity index (χ2v) is 12.5. The summed E-state index contributed by atoms with van der Waals surface area (Å²) in [4.78, 5) is 0. The van der Waals surface area contributed by atoms with Gasteiger partial charge in [0.2, 0.25) is 0 Å². The number of rotatable bonds is 3. The summed E-state index contributed by atoms with van der Waals surface area (Å²) in [6, 6.07) is 0. The molecular weight excluding hydrogens is 256 g/mol. The van der Waals surface area contributed by atoms with Crippen LogP contribution >= 0.6 is 0 Å². The maximum absolute atomic E-state index is 3.66. The lowest BCUT2D eigenvalue weighted by atomic mass is 10.0. The summed E-state index contributed by atoms with van der Waals surface area (Å²) in [6.45, 7) is 14.1. The topological polar surface area (TPSA) is 0 Å². The van der Waals surface area contributed by atoms with Crippen molar-refractivity contribution >= 4 is 8.07 Å². The second kappa shape index (κ2) is 7.75. The zero-order valence-electron chi connectivity index (χ0n) is 14.1. The molecule has 0 aliphatic heterocycles. The Balaban J connectivity index is 2.95. The van der Waals surface area contributed by atoms with Crippen LogP contribution in [0.25, 0.3) is 0 Å². The molecule has 0 amide bonds. The van der Waals surface area contributed by atoms with Crippen LogP contribution in [0, 0.1) is 23.3 Å². The molecule has 1 aliphatic rings. The molecule has 0 heterocycles. The average molecular weight is 287 g/mol. The minimum absolute atomic E-state index is 0.686. The monoisotopic (exact) mass is 286 g/mol. The van der Waals surface area contributed by atoms with Gasteiger partial charge >= 0.3 is 0 Å². The van der Waals surface area contributed by atoms with E-state index in [1.54, 1.807) is 0 Å².